The molecule has 2 aromatic carbocycles. The largest absolute Gasteiger partial charge is 0.341 e. The Labute approximate surface area is 158 Å². The first kappa shape index (κ1) is 20.5. The Balaban J connectivity index is 1.94. The molecule has 0 unspecified atom stereocenters. The van der Waals surface area contributed by atoms with Crippen LogP contribution in [0.1, 0.15) is 17.5 Å². The van der Waals surface area contributed by atoms with Gasteiger partial charge in [0, 0.05) is 38.2 Å². The van der Waals surface area contributed by atoms with Crippen molar-refractivity contribution in [2.75, 3.05) is 13.6 Å². The number of carbonyl (C=O) groups excluding carboxylic acids is 1. The van der Waals surface area contributed by atoms with Crippen molar-refractivity contribution in [2.24, 2.45) is 0 Å². The van der Waals surface area contributed by atoms with Crippen LogP contribution >= 0.6 is 0 Å². The normalized spacial score (nSPS) is 11.2. The number of nitro benzene ring substituents is 1. The van der Waals surface area contributed by atoms with Gasteiger partial charge >= 0.3 is 0 Å². The fourth-order valence-electron chi connectivity index (χ4n) is 2.47. The van der Waals surface area contributed by atoms with E-state index < -0.39 is 14.9 Å². The highest BCUT2D eigenvalue weighted by Gasteiger charge is 2.20. The van der Waals surface area contributed by atoms with Crippen LogP contribution in [0.5, 0.6) is 0 Å². The van der Waals surface area contributed by atoms with E-state index in [0.717, 1.165) is 11.6 Å². The van der Waals surface area contributed by atoms with Crippen LogP contribution in [-0.2, 0) is 21.4 Å². The van der Waals surface area contributed by atoms with Crippen molar-refractivity contribution in [1.29, 1.82) is 0 Å². The lowest BCUT2D eigenvalue weighted by Gasteiger charge is -2.17. The molecule has 9 heteroatoms. The van der Waals surface area contributed by atoms with Crippen molar-refractivity contribution in [2.45, 2.75) is 24.8 Å². The molecule has 0 aliphatic carbocycles. The van der Waals surface area contributed by atoms with E-state index >= 15 is 0 Å². The monoisotopic (exact) mass is 391 g/mol. The third-order valence-corrected chi connectivity index (χ3v) is 5.47. The SMILES string of the molecule is Cc1ccc(S(=O)(=O)NCCC(=O)N(C)Cc2ccccc2)cc1[N+](=O)[O-]. The lowest BCUT2D eigenvalue weighted by molar-refractivity contribution is -0.385. The minimum atomic E-state index is -3.94. The third kappa shape index (κ3) is 5.60. The molecule has 0 saturated heterocycles. The number of nitrogens with one attached hydrogen (secondary N) is 1. The van der Waals surface area contributed by atoms with Gasteiger partial charge in [0.2, 0.25) is 15.9 Å². The van der Waals surface area contributed by atoms with Crippen molar-refractivity contribution in [3.63, 3.8) is 0 Å². The van der Waals surface area contributed by atoms with Crippen molar-refractivity contribution in [3.8, 4) is 0 Å². The summed E-state index contributed by atoms with van der Waals surface area (Å²) in [5.74, 6) is -0.212. The van der Waals surface area contributed by atoms with Crippen LogP contribution < -0.4 is 4.72 Å². The summed E-state index contributed by atoms with van der Waals surface area (Å²) in [5, 5.41) is 11.0. The summed E-state index contributed by atoms with van der Waals surface area (Å²) in [5.41, 5.74) is 1.08. The van der Waals surface area contributed by atoms with Gasteiger partial charge in [0.05, 0.1) is 9.82 Å². The van der Waals surface area contributed by atoms with Crippen molar-refractivity contribution >= 4 is 21.6 Å². The lowest BCUT2D eigenvalue weighted by atomic mass is 10.2. The van der Waals surface area contributed by atoms with Gasteiger partial charge in [-0.25, -0.2) is 13.1 Å². The number of aryl methyl sites for hydroxylation is 1. The van der Waals surface area contributed by atoms with Crippen LogP contribution in [0.15, 0.2) is 53.4 Å². The van der Waals surface area contributed by atoms with Gasteiger partial charge in [-0.15, -0.1) is 0 Å². The minimum Gasteiger partial charge on any atom is -0.341 e. The second-order valence-corrected chi connectivity index (χ2v) is 7.86. The van der Waals surface area contributed by atoms with E-state index in [9.17, 15) is 23.3 Å². The maximum absolute atomic E-state index is 12.3. The molecule has 144 valence electrons. The molecule has 27 heavy (non-hydrogen) atoms. The number of amides is 1. The van der Waals surface area contributed by atoms with Gasteiger partial charge in [0.15, 0.2) is 0 Å². The summed E-state index contributed by atoms with van der Waals surface area (Å²) in [6, 6.07) is 13.1. The Morgan fingerprint density at radius 3 is 2.48 bits per heavy atom. The maximum Gasteiger partial charge on any atom is 0.273 e. The fraction of sp³-hybridized carbons (Fsp3) is 0.278. The second-order valence-electron chi connectivity index (χ2n) is 6.09. The number of rotatable bonds is 8. The van der Waals surface area contributed by atoms with E-state index in [1.54, 1.807) is 7.05 Å². The second kappa shape index (κ2) is 8.74. The third-order valence-electron chi connectivity index (χ3n) is 4.01. The van der Waals surface area contributed by atoms with Crippen LogP contribution in [0.2, 0.25) is 0 Å². The average Bonchev–Trinajstić information content (AvgIpc) is 2.62. The number of nitrogens with zero attached hydrogens (tertiary/aromatic N) is 2. The molecule has 0 heterocycles. The van der Waals surface area contributed by atoms with Crippen molar-refractivity contribution < 1.29 is 18.1 Å². The summed E-state index contributed by atoms with van der Waals surface area (Å²) in [6.45, 7) is 1.86. The molecule has 2 rings (SSSR count). The Hall–Kier alpha value is -2.78. The Morgan fingerprint density at radius 1 is 1.19 bits per heavy atom. The Kier molecular flexibility index (Phi) is 6.65. The molecule has 1 N–H and O–H groups in total. The average molecular weight is 391 g/mol. The zero-order valence-corrected chi connectivity index (χ0v) is 15.9. The summed E-state index contributed by atoms with van der Waals surface area (Å²) >= 11 is 0. The minimum absolute atomic E-state index is 0.0173. The molecule has 0 aromatic heterocycles. The molecule has 0 aliphatic rings. The lowest BCUT2D eigenvalue weighted by Crippen LogP contribution is -2.32. The predicted octanol–water partition coefficient (Wildman–Crippen LogP) is 2.23. The van der Waals surface area contributed by atoms with Gasteiger partial charge in [-0.05, 0) is 18.6 Å². The van der Waals surface area contributed by atoms with Gasteiger partial charge in [0.1, 0.15) is 0 Å². The quantitative estimate of drug-likeness (QED) is 0.548. The molecule has 0 radical (unpaired) electrons. The van der Waals surface area contributed by atoms with Gasteiger partial charge in [0.25, 0.3) is 5.69 Å². The highest BCUT2D eigenvalue weighted by Crippen LogP contribution is 2.22. The highest BCUT2D eigenvalue weighted by molar-refractivity contribution is 7.89. The molecule has 0 saturated carbocycles. The first-order valence-electron chi connectivity index (χ1n) is 8.23. The first-order valence-corrected chi connectivity index (χ1v) is 9.71. The maximum atomic E-state index is 12.3. The molecule has 2 aromatic rings. The Bertz CT molecular complexity index is 929. The summed E-state index contributed by atoms with van der Waals surface area (Å²) < 4.78 is 26.9. The summed E-state index contributed by atoms with van der Waals surface area (Å²) in [7, 11) is -2.29. The van der Waals surface area contributed by atoms with E-state index in [4.69, 9.17) is 0 Å². The van der Waals surface area contributed by atoms with E-state index in [1.807, 2.05) is 30.3 Å². The number of hydrogen-bond acceptors (Lipinski definition) is 5. The fourth-order valence-corrected chi connectivity index (χ4v) is 3.52. The van der Waals surface area contributed by atoms with Gasteiger partial charge in [-0.2, -0.15) is 0 Å². The predicted molar refractivity (Wildman–Crippen MR) is 101 cm³/mol. The van der Waals surface area contributed by atoms with E-state index in [2.05, 4.69) is 4.72 Å². The standard InChI is InChI=1S/C18H21N3O5S/c1-14-8-9-16(12-17(14)21(23)24)27(25,26)19-11-10-18(22)20(2)13-15-6-4-3-5-7-15/h3-9,12,19H,10-11,13H2,1-2H3. The van der Waals surface area contributed by atoms with Gasteiger partial charge in [-0.1, -0.05) is 36.4 Å². The topological polar surface area (TPSA) is 110 Å². The molecule has 0 bridgehead atoms. The number of carbonyl (C=O) groups is 1. The van der Waals surface area contributed by atoms with Crippen LogP contribution in [0.3, 0.4) is 0 Å². The van der Waals surface area contributed by atoms with Gasteiger partial charge in [-0.3, -0.25) is 14.9 Å². The molecule has 0 fully saturated rings. The van der Waals surface area contributed by atoms with Crippen LogP contribution in [-0.4, -0.2) is 37.7 Å². The number of hydrogen-bond donors (Lipinski definition) is 1. The van der Waals surface area contributed by atoms with Crippen LogP contribution in [0, 0.1) is 17.0 Å². The van der Waals surface area contributed by atoms with E-state index in [0.29, 0.717) is 12.1 Å². The van der Waals surface area contributed by atoms with E-state index in [-0.39, 0.29) is 29.5 Å². The molecule has 0 spiro atoms. The molecule has 8 nitrogen and oxygen atoms in total. The van der Waals surface area contributed by atoms with Crippen LogP contribution in [0.4, 0.5) is 5.69 Å². The van der Waals surface area contributed by atoms with Gasteiger partial charge < -0.3 is 4.90 Å². The van der Waals surface area contributed by atoms with E-state index in [1.165, 1.54) is 24.0 Å². The van der Waals surface area contributed by atoms with Crippen LogP contribution in [0.25, 0.3) is 0 Å². The molecular weight excluding hydrogens is 370 g/mol. The number of benzene rings is 2. The molecule has 1 amide bonds. The summed E-state index contributed by atoms with van der Waals surface area (Å²) in [6.07, 6.45) is -0.0173. The number of nitro groups is 1. The number of sulfonamides is 1. The van der Waals surface area contributed by atoms with Crippen molar-refractivity contribution in [1.82, 2.24) is 9.62 Å². The smallest absolute Gasteiger partial charge is 0.273 e. The zero-order chi connectivity index (χ0) is 20.0. The molecule has 0 aliphatic heterocycles. The first-order chi connectivity index (χ1) is 12.7. The highest BCUT2D eigenvalue weighted by atomic mass is 32.2. The Morgan fingerprint density at radius 2 is 1.85 bits per heavy atom. The van der Waals surface area contributed by atoms with Crippen molar-refractivity contribution in [3.05, 3.63) is 69.8 Å². The summed E-state index contributed by atoms with van der Waals surface area (Å²) in [4.78, 5) is 23.8. The molecule has 0 atom stereocenters. The molecular formula is C18H21N3O5S. The zero-order valence-electron chi connectivity index (χ0n) is 15.1.